The molecular formula is C21H15BrN6. The second-order valence-corrected chi connectivity index (χ2v) is 7.70. The fourth-order valence-corrected chi connectivity index (χ4v) is 4.18. The number of nitriles is 1. The molecule has 0 saturated heterocycles. The van der Waals surface area contributed by atoms with E-state index in [1.54, 1.807) is 10.6 Å². The van der Waals surface area contributed by atoms with Crippen molar-refractivity contribution in [2.75, 3.05) is 5.73 Å². The minimum atomic E-state index is -0.163. The summed E-state index contributed by atoms with van der Waals surface area (Å²) in [6, 6.07) is 19.8. The molecule has 1 fully saturated rings. The zero-order valence-corrected chi connectivity index (χ0v) is 16.4. The standard InChI is InChI=1S/C21H15BrN6/c22-16-17(15-9-5-4-6-13(15)12-23)25-20(24)28-18(16)26-19(27-28)21(10-11-21)14-7-2-1-3-8-14/h1-9H,10-11H2,(H2,24,25). The van der Waals surface area contributed by atoms with E-state index in [1.165, 1.54) is 5.56 Å². The van der Waals surface area contributed by atoms with Gasteiger partial charge in [-0.25, -0.2) is 9.97 Å². The molecule has 1 aliphatic rings. The molecule has 2 aromatic carbocycles. The van der Waals surface area contributed by atoms with Crippen LogP contribution >= 0.6 is 15.9 Å². The number of nitrogens with two attached hydrogens (primary N) is 1. The Morgan fingerprint density at radius 2 is 1.75 bits per heavy atom. The summed E-state index contributed by atoms with van der Waals surface area (Å²) >= 11 is 3.62. The van der Waals surface area contributed by atoms with E-state index < -0.39 is 0 Å². The first kappa shape index (κ1) is 16.9. The van der Waals surface area contributed by atoms with Crippen molar-refractivity contribution in [2.45, 2.75) is 18.3 Å². The monoisotopic (exact) mass is 430 g/mol. The summed E-state index contributed by atoms with van der Waals surface area (Å²) in [5.41, 5.74) is 9.70. The molecule has 6 nitrogen and oxygen atoms in total. The molecule has 0 atom stereocenters. The summed E-state index contributed by atoms with van der Waals surface area (Å²) in [5.74, 6) is 0.988. The average Bonchev–Trinajstić information content (AvgIpc) is 3.42. The molecule has 0 radical (unpaired) electrons. The van der Waals surface area contributed by atoms with Crippen LogP contribution in [0, 0.1) is 11.3 Å². The Hall–Kier alpha value is -3.24. The van der Waals surface area contributed by atoms with Gasteiger partial charge in [0, 0.05) is 5.56 Å². The molecule has 7 heteroatoms. The molecule has 136 valence electrons. The molecule has 2 N–H and O–H groups in total. The summed E-state index contributed by atoms with van der Waals surface area (Å²) in [6.45, 7) is 0. The molecule has 0 bridgehead atoms. The smallest absolute Gasteiger partial charge is 0.223 e. The Kier molecular flexibility index (Phi) is 3.71. The van der Waals surface area contributed by atoms with Gasteiger partial charge in [-0.15, -0.1) is 5.10 Å². The maximum atomic E-state index is 9.44. The van der Waals surface area contributed by atoms with Gasteiger partial charge in [0.2, 0.25) is 5.95 Å². The van der Waals surface area contributed by atoms with Crippen LogP contribution in [0.25, 0.3) is 16.9 Å². The quantitative estimate of drug-likeness (QED) is 0.528. The predicted octanol–water partition coefficient (Wildman–Crippen LogP) is 4.09. The van der Waals surface area contributed by atoms with Crippen LogP contribution in [-0.4, -0.2) is 19.6 Å². The van der Waals surface area contributed by atoms with Gasteiger partial charge in [-0.3, -0.25) is 0 Å². The van der Waals surface area contributed by atoms with Crippen LogP contribution in [0.3, 0.4) is 0 Å². The Bertz CT molecular complexity index is 1250. The molecule has 0 aliphatic heterocycles. The zero-order chi connectivity index (χ0) is 19.3. The number of halogens is 1. The second kappa shape index (κ2) is 6.14. The van der Waals surface area contributed by atoms with Crippen LogP contribution in [0.4, 0.5) is 5.95 Å². The lowest BCUT2D eigenvalue weighted by atomic mass is 9.95. The van der Waals surface area contributed by atoms with Crippen molar-refractivity contribution in [2.24, 2.45) is 0 Å². The third-order valence-corrected chi connectivity index (χ3v) is 5.99. The molecular weight excluding hydrogens is 416 g/mol. The van der Waals surface area contributed by atoms with Crippen molar-refractivity contribution < 1.29 is 0 Å². The van der Waals surface area contributed by atoms with Crippen molar-refractivity contribution in [1.82, 2.24) is 19.6 Å². The molecule has 5 rings (SSSR count). The molecule has 28 heavy (non-hydrogen) atoms. The van der Waals surface area contributed by atoms with E-state index in [1.807, 2.05) is 36.4 Å². The topological polar surface area (TPSA) is 92.9 Å². The summed E-state index contributed by atoms with van der Waals surface area (Å²) in [6.07, 6.45) is 2.01. The molecule has 2 aromatic heterocycles. The van der Waals surface area contributed by atoms with E-state index >= 15 is 0 Å². The van der Waals surface area contributed by atoms with Crippen molar-refractivity contribution >= 4 is 27.5 Å². The van der Waals surface area contributed by atoms with Gasteiger partial charge in [-0.1, -0.05) is 48.5 Å². The number of nitrogen functional groups attached to an aromatic ring is 1. The van der Waals surface area contributed by atoms with E-state index in [9.17, 15) is 5.26 Å². The van der Waals surface area contributed by atoms with Gasteiger partial charge in [0.1, 0.15) is 0 Å². The van der Waals surface area contributed by atoms with Crippen LogP contribution in [-0.2, 0) is 5.41 Å². The first-order valence-electron chi connectivity index (χ1n) is 8.91. The first-order valence-corrected chi connectivity index (χ1v) is 9.70. The second-order valence-electron chi connectivity index (χ2n) is 6.91. The van der Waals surface area contributed by atoms with Gasteiger partial charge in [-0.05, 0) is 40.4 Å². The zero-order valence-electron chi connectivity index (χ0n) is 14.8. The molecule has 1 aliphatic carbocycles. The van der Waals surface area contributed by atoms with Crippen molar-refractivity contribution in [1.29, 1.82) is 5.26 Å². The van der Waals surface area contributed by atoms with E-state index in [-0.39, 0.29) is 11.4 Å². The van der Waals surface area contributed by atoms with Crippen molar-refractivity contribution in [3.63, 3.8) is 0 Å². The number of benzene rings is 2. The number of fused-ring (bicyclic) bond motifs is 1. The molecule has 1 saturated carbocycles. The Morgan fingerprint density at radius 3 is 2.46 bits per heavy atom. The Morgan fingerprint density at radius 1 is 1.04 bits per heavy atom. The minimum absolute atomic E-state index is 0.163. The van der Waals surface area contributed by atoms with Crippen LogP contribution in [0.1, 0.15) is 29.8 Å². The van der Waals surface area contributed by atoms with E-state index in [0.29, 0.717) is 26.9 Å². The predicted molar refractivity (Wildman–Crippen MR) is 110 cm³/mol. The van der Waals surface area contributed by atoms with Gasteiger partial charge in [0.05, 0.1) is 27.2 Å². The maximum Gasteiger partial charge on any atom is 0.223 e. The SMILES string of the molecule is N#Cc1ccccc1-c1nc(N)n2nc(C3(c4ccccc4)CC3)nc2c1Br. The normalized spacial score (nSPS) is 14.7. The molecule has 2 heterocycles. The number of nitrogens with zero attached hydrogens (tertiary/aromatic N) is 5. The van der Waals surface area contributed by atoms with Crippen LogP contribution < -0.4 is 5.73 Å². The highest BCUT2D eigenvalue weighted by Gasteiger charge is 2.49. The number of hydrogen-bond acceptors (Lipinski definition) is 5. The number of anilines is 1. The van der Waals surface area contributed by atoms with Crippen LogP contribution in [0.2, 0.25) is 0 Å². The molecule has 0 unspecified atom stereocenters. The van der Waals surface area contributed by atoms with Gasteiger partial charge >= 0.3 is 0 Å². The summed E-state index contributed by atoms with van der Waals surface area (Å²) in [7, 11) is 0. The van der Waals surface area contributed by atoms with Crippen LogP contribution in [0.15, 0.2) is 59.1 Å². The fraction of sp³-hybridized carbons (Fsp3) is 0.143. The van der Waals surface area contributed by atoms with Crippen molar-refractivity contribution in [3.05, 3.63) is 76.0 Å². The van der Waals surface area contributed by atoms with Gasteiger partial charge in [0.25, 0.3) is 0 Å². The highest BCUT2D eigenvalue weighted by atomic mass is 79.9. The summed E-state index contributed by atoms with van der Waals surface area (Å²) in [5, 5.41) is 14.1. The largest absolute Gasteiger partial charge is 0.368 e. The maximum absolute atomic E-state index is 9.44. The Balaban J connectivity index is 1.71. The van der Waals surface area contributed by atoms with Gasteiger partial charge in [-0.2, -0.15) is 9.78 Å². The lowest BCUT2D eigenvalue weighted by Crippen LogP contribution is -2.11. The molecule has 0 spiro atoms. The lowest BCUT2D eigenvalue weighted by Gasteiger charge is -2.10. The molecule has 0 amide bonds. The van der Waals surface area contributed by atoms with Gasteiger partial charge < -0.3 is 5.73 Å². The van der Waals surface area contributed by atoms with E-state index in [2.05, 4.69) is 44.2 Å². The highest BCUT2D eigenvalue weighted by Crippen LogP contribution is 2.52. The van der Waals surface area contributed by atoms with E-state index in [0.717, 1.165) is 18.7 Å². The minimum Gasteiger partial charge on any atom is -0.368 e. The third-order valence-electron chi connectivity index (χ3n) is 5.26. The number of hydrogen-bond donors (Lipinski definition) is 1. The van der Waals surface area contributed by atoms with E-state index in [4.69, 9.17) is 10.7 Å². The fourth-order valence-electron chi connectivity index (χ4n) is 3.62. The third kappa shape index (κ3) is 2.42. The van der Waals surface area contributed by atoms with Gasteiger partial charge in [0.15, 0.2) is 11.5 Å². The Labute approximate surface area is 169 Å². The summed E-state index contributed by atoms with van der Waals surface area (Å²) < 4.78 is 2.24. The first-order chi connectivity index (χ1) is 13.6. The van der Waals surface area contributed by atoms with Crippen molar-refractivity contribution in [3.8, 4) is 17.3 Å². The number of rotatable bonds is 3. The lowest BCUT2D eigenvalue weighted by molar-refractivity contribution is 0.747. The number of aromatic nitrogens is 4. The van der Waals surface area contributed by atoms with Crippen LogP contribution in [0.5, 0.6) is 0 Å². The highest BCUT2D eigenvalue weighted by molar-refractivity contribution is 9.10. The molecule has 4 aromatic rings. The summed E-state index contributed by atoms with van der Waals surface area (Å²) in [4.78, 5) is 9.34. The average molecular weight is 431 g/mol.